The van der Waals surface area contributed by atoms with Crippen molar-refractivity contribution in [1.29, 1.82) is 0 Å². The molecule has 134 valence electrons. The lowest BCUT2D eigenvalue weighted by atomic mass is 10.0. The predicted octanol–water partition coefficient (Wildman–Crippen LogP) is 3.52. The highest BCUT2D eigenvalue weighted by molar-refractivity contribution is 5.68. The minimum atomic E-state index is -0.458. The minimum Gasteiger partial charge on any atom is -0.493 e. The van der Waals surface area contributed by atoms with E-state index in [-0.39, 0.29) is 12.1 Å². The zero-order valence-corrected chi connectivity index (χ0v) is 15.2. The quantitative estimate of drug-likeness (QED) is 0.912. The molecule has 1 saturated heterocycles. The number of carbonyl (C=O) groups is 1. The summed E-state index contributed by atoms with van der Waals surface area (Å²) in [5.41, 5.74) is 0.452. The maximum Gasteiger partial charge on any atom is 0.410 e. The number of amides is 1. The largest absolute Gasteiger partial charge is 0.493 e. The number of hydrogen-bond donors (Lipinski definition) is 1. The van der Waals surface area contributed by atoms with Gasteiger partial charge in [-0.1, -0.05) is 6.07 Å². The van der Waals surface area contributed by atoms with Gasteiger partial charge in [0.25, 0.3) is 0 Å². The number of ether oxygens (including phenoxy) is 3. The van der Waals surface area contributed by atoms with Crippen LogP contribution in [0.15, 0.2) is 18.2 Å². The number of piperidine rings is 1. The second-order valence-corrected chi connectivity index (χ2v) is 6.93. The monoisotopic (exact) mass is 336 g/mol. The van der Waals surface area contributed by atoms with Gasteiger partial charge in [-0.05, 0) is 45.7 Å². The Morgan fingerprint density at radius 3 is 2.38 bits per heavy atom. The summed E-state index contributed by atoms with van der Waals surface area (Å²) in [4.78, 5) is 13.9. The van der Waals surface area contributed by atoms with Crippen molar-refractivity contribution >= 4 is 11.8 Å². The van der Waals surface area contributed by atoms with Crippen molar-refractivity contribution in [3.63, 3.8) is 0 Å². The van der Waals surface area contributed by atoms with Crippen LogP contribution in [0.5, 0.6) is 11.5 Å². The van der Waals surface area contributed by atoms with Crippen LogP contribution in [0.25, 0.3) is 0 Å². The molecule has 0 spiro atoms. The molecule has 0 aromatic heterocycles. The van der Waals surface area contributed by atoms with Gasteiger partial charge in [0.2, 0.25) is 0 Å². The van der Waals surface area contributed by atoms with E-state index >= 15 is 0 Å². The number of carbonyl (C=O) groups excluding carboxylic acids is 1. The Kier molecular flexibility index (Phi) is 5.80. The Morgan fingerprint density at radius 1 is 1.17 bits per heavy atom. The number of nitrogens with one attached hydrogen (secondary N) is 1. The van der Waals surface area contributed by atoms with E-state index in [0.717, 1.165) is 18.5 Å². The zero-order valence-electron chi connectivity index (χ0n) is 15.2. The van der Waals surface area contributed by atoms with E-state index in [2.05, 4.69) is 5.32 Å². The van der Waals surface area contributed by atoms with Crippen molar-refractivity contribution in [2.45, 2.75) is 45.3 Å². The van der Waals surface area contributed by atoms with Crippen LogP contribution in [-0.2, 0) is 4.74 Å². The Balaban J connectivity index is 1.93. The van der Waals surface area contributed by atoms with Crippen molar-refractivity contribution in [2.24, 2.45) is 0 Å². The molecule has 1 aliphatic heterocycles. The Morgan fingerprint density at radius 2 is 1.83 bits per heavy atom. The first-order valence-corrected chi connectivity index (χ1v) is 8.29. The molecule has 0 radical (unpaired) electrons. The average molecular weight is 336 g/mol. The van der Waals surface area contributed by atoms with Crippen molar-refractivity contribution in [3.05, 3.63) is 18.2 Å². The van der Waals surface area contributed by atoms with Crippen LogP contribution in [-0.4, -0.2) is 49.9 Å². The minimum absolute atomic E-state index is 0.236. The highest BCUT2D eigenvalue weighted by Crippen LogP contribution is 2.35. The number of para-hydroxylation sites is 1. The fourth-order valence-electron chi connectivity index (χ4n) is 2.75. The molecule has 0 unspecified atom stereocenters. The van der Waals surface area contributed by atoms with E-state index in [9.17, 15) is 4.79 Å². The number of anilines is 1. The van der Waals surface area contributed by atoms with Crippen LogP contribution in [0.2, 0.25) is 0 Å². The van der Waals surface area contributed by atoms with Crippen LogP contribution < -0.4 is 14.8 Å². The second kappa shape index (κ2) is 7.64. The first kappa shape index (κ1) is 18.2. The lowest BCUT2D eigenvalue weighted by molar-refractivity contribution is 0.0210. The molecule has 0 atom stereocenters. The van der Waals surface area contributed by atoms with Gasteiger partial charge in [-0.25, -0.2) is 4.79 Å². The molecule has 1 fully saturated rings. The summed E-state index contributed by atoms with van der Waals surface area (Å²) in [6, 6.07) is 6.06. The summed E-state index contributed by atoms with van der Waals surface area (Å²) in [7, 11) is 3.26. The van der Waals surface area contributed by atoms with Crippen molar-refractivity contribution in [1.82, 2.24) is 4.90 Å². The Labute approximate surface area is 144 Å². The van der Waals surface area contributed by atoms with Gasteiger partial charge in [-0.3, -0.25) is 0 Å². The molecule has 1 heterocycles. The van der Waals surface area contributed by atoms with E-state index in [4.69, 9.17) is 14.2 Å². The molecular weight excluding hydrogens is 308 g/mol. The van der Waals surface area contributed by atoms with Gasteiger partial charge in [-0.2, -0.15) is 0 Å². The van der Waals surface area contributed by atoms with Crippen LogP contribution in [0.3, 0.4) is 0 Å². The van der Waals surface area contributed by atoms with Crippen LogP contribution in [0.1, 0.15) is 33.6 Å². The van der Waals surface area contributed by atoms with Crippen molar-refractivity contribution in [2.75, 3.05) is 32.6 Å². The number of likely N-dealkylation sites (tertiary alicyclic amines) is 1. The summed E-state index contributed by atoms with van der Waals surface area (Å²) in [5.74, 6) is 1.41. The molecule has 6 nitrogen and oxygen atoms in total. The van der Waals surface area contributed by atoms with Gasteiger partial charge in [0, 0.05) is 19.1 Å². The zero-order chi connectivity index (χ0) is 17.7. The van der Waals surface area contributed by atoms with Crippen molar-refractivity contribution < 1.29 is 19.0 Å². The highest BCUT2D eigenvalue weighted by atomic mass is 16.6. The standard InChI is InChI=1S/C18H28N2O4/c1-18(2,3)24-17(21)20-11-9-13(10-12-20)19-14-7-6-8-15(22-4)16(14)23-5/h6-8,13,19H,9-12H2,1-5H3. The summed E-state index contributed by atoms with van der Waals surface area (Å²) in [5, 5.41) is 3.50. The third kappa shape index (κ3) is 4.69. The van der Waals surface area contributed by atoms with E-state index < -0.39 is 5.60 Å². The lowest BCUT2D eigenvalue weighted by Crippen LogP contribution is -2.44. The van der Waals surface area contributed by atoms with E-state index in [1.807, 2.05) is 39.0 Å². The predicted molar refractivity (Wildman–Crippen MR) is 94.0 cm³/mol. The Bertz CT molecular complexity index is 561. The molecule has 1 aromatic carbocycles. The molecule has 2 rings (SSSR count). The maximum absolute atomic E-state index is 12.1. The summed E-state index contributed by atoms with van der Waals surface area (Å²) < 4.78 is 16.2. The normalized spacial score (nSPS) is 15.8. The van der Waals surface area contributed by atoms with E-state index in [1.54, 1.807) is 19.1 Å². The molecular formula is C18H28N2O4. The summed E-state index contributed by atoms with van der Waals surface area (Å²) in [6.07, 6.45) is 1.49. The molecule has 24 heavy (non-hydrogen) atoms. The van der Waals surface area contributed by atoms with Gasteiger partial charge in [0.1, 0.15) is 5.60 Å². The number of nitrogens with zero attached hydrogens (tertiary/aromatic N) is 1. The maximum atomic E-state index is 12.1. The fraction of sp³-hybridized carbons (Fsp3) is 0.611. The third-order valence-corrected chi connectivity index (χ3v) is 3.91. The molecule has 1 amide bonds. The third-order valence-electron chi connectivity index (χ3n) is 3.91. The van der Waals surface area contributed by atoms with Gasteiger partial charge in [-0.15, -0.1) is 0 Å². The lowest BCUT2D eigenvalue weighted by Gasteiger charge is -2.34. The van der Waals surface area contributed by atoms with Crippen LogP contribution in [0.4, 0.5) is 10.5 Å². The molecule has 1 aromatic rings. The van der Waals surface area contributed by atoms with E-state index in [1.165, 1.54) is 0 Å². The fourth-order valence-corrected chi connectivity index (χ4v) is 2.75. The van der Waals surface area contributed by atoms with Crippen molar-refractivity contribution in [3.8, 4) is 11.5 Å². The number of benzene rings is 1. The summed E-state index contributed by atoms with van der Waals surface area (Å²) in [6.45, 7) is 7.01. The number of hydrogen-bond acceptors (Lipinski definition) is 5. The molecule has 0 bridgehead atoms. The molecule has 0 aliphatic carbocycles. The van der Waals surface area contributed by atoms with E-state index in [0.29, 0.717) is 24.6 Å². The first-order valence-electron chi connectivity index (χ1n) is 8.29. The number of methoxy groups -OCH3 is 2. The van der Waals surface area contributed by atoms with Gasteiger partial charge < -0.3 is 24.4 Å². The van der Waals surface area contributed by atoms with Crippen LogP contribution in [0, 0.1) is 0 Å². The summed E-state index contributed by atoms with van der Waals surface area (Å²) >= 11 is 0. The van der Waals surface area contributed by atoms with Gasteiger partial charge in [0.15, 0.2) is 11.5 Å². The van der Waals surface area contributed by atoms with Gasteiger partial charge >= 0.3 is 6.09 Å². The highest BCUT2D eigenvalue weighted by Gasteiger charge is 2.27. The smallest absolute Gasteiger partial charge is 0.410 e. The average Bonchev–Trinajstić information content (AvgIpc) is 2.53. The molecule has 1 N–H and O–H groups in total. The number of rotatable bonds is 4. The molecule has 0 saturated carbocycles. The van der Waals surface area contributed by atoms with Crippen LogP contribution >= 0.6 is 0 Å². The topological polar surface area (TPSA) is 60.0 Å². The Hall–Kier alpha value is -2.11. The SMILES string of the molecule is COc1cccc(NC2CCN(C(=O)OC(C)(C)C)CC2)c1OC. The molecule has 1 aliphatic rings. The first-order chi connectivity index (χ1) is 11.3. The molecule has 6 heteroatoms. The van der Waals surface area contributed by atoms with Gasteiger partial charge in [0.05, 0.1) is 19.9 Å². The second-order valence-electron chi connectivity index (χ2n) is 6.93.